The SMILES string of the molecule is COc1ccc2c(c1)C1(CC(C)(C)O2)NC(=O)N(CCCN2CCC(O)CC2)C1=O. The fourth-order valence-electron chi connectivity index (χ4n) is 4.85. The number of benzene rings is 1. The van der Waals surface area contributed by atoms with Gasteiger partial charge in [-0.1, -0.05) is 0 Å². The van der Waals surface area contributed by atoms with Crippen LogP contribution in [-0.2, 0) is 10.3 Å². The van der Waals surface area contributed by atoms with Crippen LogP contribution in [-0.4, -0.2) is 71.8 Å². The fraction of sp³-hybridized carbons (Fsp3) is 0.636. The van der Waals surface area contributed by atoms with Crippen LogP contribution in [0.15, 0.2) is 18.2 Å². The zero-order valence-electron chi connectivity index (χ0n) is 17.9. The molecule has 8 nitrogen and oxygen atoms in total. The van der Waals surface area contributed by atoms with Crippen molar-refractivity contribution in [3.05, 3.63) is 23.8 Å². The molecule has 0 aliphatic carbocycles. The number of nitrogens with one attached hydrogen (secondary N) is 1. The maximum atomic E-state index is 13.6. The number of rotatable bonds is 5. The molecule has 2 saturated heterocycles. The van der Waals surface area contributed by atoms with Crippen LogP contribution in [0.4, 0.5) is 4.79 Å². The number of carbonyl (C=O) groups is 2. The minimum atomic E-state index is -1.14. The Morgan fingerprint density at radius 1 is 1.23 bits per heavy atom. The third kappa shape index (κ3) is 3.74. The summed E-state index contributed by atoms with van der Waals surface area (Å²) in [7, 11) is 1.57. The highest BCUT2D eigenvalue weighted by Crippen LogP contribution is 2.47. The van der Waals surface area contributed by atoms with Crippen molar-refractivity contribution in [1.29, 1.82) is 0 Å². The van der Waals surface area contributed by atoms with Crippen LogP contribution in [0, 0.1) is 0 Å². The Balaban J connectivity index is 1.52. The van der Waals surface area contributed by atoms with Crippen molar-refractivity contribution < 1.29 is 24.2 Å². The molecular formula is C22H31N3O5. The number of nitrogens with zero attached hydrogens (tertiary/aromatic N) is 2. The molecule has 3 heterocycles. The highest BCUT2D eigenvalue weighted by atomic mass is 16.5. The third-order valence-corrected chi connectivity index (χ3v) is 6.31. The Morgan fingerprint density at radius 3 is 2.67 bits per heavy atom. The number of fused-ring (bicyclic) bond motifs is 2. The second kappa shape index (κ2) is 7.74. The first kappa shape index (κ1) is 20.9. The van der Waals surface area contributed by atoms with Crippen molar-refractivity contribution in [1.82, 2.24) is 15.1 Å². The smallest absolute Gasteiger partial charge is 0.325 e. The molecule has 3 amide bonds. The predicted molar refractivity (Wildman–Crippen MR) is 111 cm³/mol. The van der Waals surface area contributed by atoms with Crippen molar-refractivity contribution in [3.8, 4) is 11.5 Å². The highest BCUT2D eigenvalue weighted by molar-refractivity contribution is 6.08. The monoisotopic (exact) mass is 417 g/mol. The molecule has 2 fully saturated rings. The Hall–Kier alpha value is -2.32. The van der Waals surface area contributed by atoms with Gasteiger partial charge in [-0.05, 0) is 57.9 Å². The Kier molecular flexibility index (Phi) is 5.40. The lowest BCUT2D eigenvalue weighted by molar-refractivity contribution is -0.134. The van der Waals surface area contributed by atoms with E-state index >= 15 is 0 Å². The molecule has 30 heavy (non-hydrogen) atoms. The van der Waals surface area contributed by atoms with Gasteiger partial charge in [-0.25, -0.2) is 4.79 Å². The minimum Gasteiger partial charge on any atom is -0.497 e. The normalized spacial score (nSPS) is 26.5. The van der Waals surface area contributed by atoms with Crippen molar-refractivity contribution in [2.45, 2.75) is 56.8 Å². The number of carbonyl (C=O) groups excluding carboxylic acids is 2. The van der Waals surface area contributed by atoms with Crippen molar-refractivity contribution in [2.75, 3.05) is 33.3 Å². The van der Waals surface area contributed by atoms with E-state index in [0.717, 1.165) is 32.5 Å². The third-order valence-electron chi connectivity index (χ3n) is 6.31. The molecule has 4 rings (SSSR count). The molecule has 3 aliphatic heterocycles. The molecule has 1 aromatic carbocycles. The first-order valence-electron chi connectivity index (χ1n) is 10.7. The van der Waals surface area contributed by atoms with Gasteiger partial charge in [0.2, 0.25) is 0 Å². The molecule has 164 valence electrons. The van der Waals surface area contributed by atoms with Crippen LogP contribution in [0.1, 0.15) is 45.1 Å². The van der Waals surface area contributed by atoms with Crippen LogP contribution in [0.25, 0.3) is 0 Å². The zero-order valence-corrected chi connectivity index (χ0v) is 17.9. The summed E-state index contributed by atoms with van der Waals surface area (Å²) in [6.45, 7) is 6.72. The average Bonchev–Trinajstić information content (AvgIpc) is 2.92. The largest absolute Gasteiger partial charge is 0.497 e. The molecule has 1 atom stereocenters. The summed E-state index contributed by atoms with van der Waals surface area (Å²) in [6.07, 6.45) is 2.41. The van der Waals surface area contributed by atoms with E-state index in [1.807, 2.05) is 13.8 Å². The number of imide groups is 1. The van der Waals surface area contributed by atoms with Gasteiger partial charge < -0.3 is 24.8 Å². The number of piperidine rings is 1. The van der Waals surface area contributed by atoms with Crippen LogP contribution in [0.5, 0.6) is 11.5 Å². The van der Waals surface area contributed by atoms with Crippen molar-refractivity contribution in [2.24, 2.45) is 0 Å². The van der Waals surface area contributed by atoms with Gasteiger partial charge in [-0.3, -0.25) is 9.69 Å². The number of methoxy groups -OCH3 is 1. The Labute approximate surface area is 177 Å². The number of aliphatic hydroxyl groups is 1. The summed E-state index contributed by atoms with van der Waals surface area (Å²) in [5.74, 6) is 0.978. The molecule has 2 N–H and O–H groups in total. The van der Waals surface area contributed by atoms with E-state index in [1.54, 1.807) is 25.3 Å². The van der Waals surface area contributed by atoms with Crippen LogP contribution >= 0.6 is 0 Å². The number of hydrogen-bond donors (Lipinski definition) is 2. The molecular weight excluding hydrogens is 386 g/mol. The van der Waals surface area contributed by atoms with Crippen LogP contribution < -0.4 is 14.8 Å². The molecule has 1 spiro atoms. The number of ether oxygens (including phenoxy) is 2. The van der Waals surface area contributed by atoms with Crippen LogP contribution in [0.3, 0.4) is 0 Å². The Morgan fingerprint density at radius 2 is 1.97 bits per heavy atom. The average molecular weight is 418 g/mol. The first-order chi connectivity index (χ1) is 14.2. The van der Waals surface area contributed by atoms with Gasteiger partial charge in [-0.15, -0.1) is 0 Å². The van der Waals surface area contributed by atoms with Gasteiger partial charge in [0.25, 0.3) is 5.91 Å². The van der Waals surface area contributed by atoms with E-state index in [1.165, 1.54) is 4.90 Å². The van der Waals surface area contributed by atoms with Crippen molar-refractivity contribution >= 4 is 11.9 Å². The maximum absolute atomic E-state index is 13.6. The van der Waals surface area contributed by atoms with Gasteiger partial charge in [0.1, 0.15) is 17.1 Å². The lowest BCUT2D eigenvalue weighted by Crippen LogP contribution is -2.53. The number of hydrogen-bond acceptors (Lipinski definition) is 6. The molecule has 0 radical (unpaired) electrons. The van der Waals surface area contributed by atoms with E-state index in [2.05, 4.69) is 10.2 Å². The van der Waals surface area contributed by atoms with Gasteiger partial charge in [0.05, 0.1) is 13.2 Å². The summed E-state index contributed by atoms with van der Waals surface area (Å²) < 4.78 is 11.4. The topological polar surface area (TPSA) is 91.3 Å². The van der Waals surface area contributed by atoms with E-state index in [0.29, 0.717) is 36.4 Å². The summed E-state index contributed by atoms with van der Waals surface area (Å²) in [5.41, 5.74) is -1.10. The van der Waals surface area contributed by atoms with Gasteiger partial charge >= 0.3 is 6.03 Å². The highest BCUT2D eigenvalue weighted by Gasteiger charge is 2.58. The number of aliphatic hydroxyl groups excluding tert-OH is 1. The number of urea groups is 1. The maximum Gasteiger partial charge on any atom is 0.325 e. The summed E-state index contributed by atoms with van der Waals surface area (Å²) in [4.78, 5) is 30.0. The van der Waals surface area contributed by atoms with E-state index in [-0.39, 0.29) is 18.0 Å². The molecule has 1 aromatic rings. The predicted octanol–water partition coefficient (Wildman–Crippen LogP) is 1.85. The second-order valence-electron chi connectivity index (χ2n) is 9.12. The van der Waals surface area contributed by atoms with E-state index < -0.39 is 11.1 Å². The van der Waals surface area contributed by atoms with E-state index in [9.17, 15) is 14.7 Å². The first-order valence-corrected chi connectivity index (χ1v) is 10.7. The lowest BCUT2D eigenvalue weighted by Gasteiger charge is -2.42. The van der Waals surface area contributed by atoms with Gasteiger partial charge in [0, 0.05) is 31.6 Å². The summed E-state index contributed by atoms with van der Waals surface area (Å²) in [6, 6.07) is 5.01. The molecule has 8 heteroatoms. The molecule has 0 aromatic heterocycles. The fourth-order valence-corrected chi connectivity index (χ4v) is 4.85. The van der Waals surface area contributed by atoms with Crippen molar-refractivity contribution in [3.63, 3.8) is 0 Å². The van der Waals surface area contributed by atoms with Gasteiger partial charge in [-0.2, -0.15) is 0 Å². The zero-order chi connectivity index (χ0) is 21.5. The van der Waals surface area contributed by atoms with Gasteiger partial charge in [0.15, 0.2) is 5.54 Å². The minimum absolute atomic E-state index is 0.207. The van der Waals surface area contributed by atoms with E-state index in [4.69, 9.17) is 9.47 Å². The summed E-state index contributed by atoms with van der Waals surface area (Å²) in [5, 5.41) is 12.6. The quantitative estimate of drug-likeness (QED) is 0.711. The molecule has 1 unspecified atom stereocenters. The second-order valence-corrected chi connectivity index (χ2v) is 9.12. The Bertz CT molecular complexity index is 834. The summed E-state index contributed by atoms with van der Waals surface area (Å²) >= 11 is 0. The molecule has 0 saturated carbocycles. The lowest BCUT2D eigenvalue weighted by atomic mass is 9.77. The molecule has 3 aliphatic rings. The van der Waals surface area contributed by atoms with Crippen LogP contribution in [0.2, 0.25) is 0 Å². The number of likely N-dealkylation sites (tertiary alicyclic amines) is 1. The molecule has 0 bridgehead atoms. The number of amides is 3. The standard InChI is InChI=1S/C22H31N3O5/c1-21(2)14-22(17-13-16(29-3)5-6-18(17)30-21)19(27)25(20(28)23-22)10-4-9-24-11-7-15(26)8-12-24/h5-6,13,15,26H,4,7-12,14H2,1-3H3,(H,23,28).